The topological polar surface area (TPSA) is 75.4 Å². The summed E-state index contributed by atoms with van der Waals surface area (Å²) in [4.78, 5) is 30.4. The fraction of sp³-hybridized carbons (Fsp3) is 0.250. The fourth-order valence-corrected chi connectivity index (χ4v) is 3.79. The third-order valence-corrected chi connectivity index (χ3v) is 5.38. The van der Waals surface area contributed by atoms with Gasteiger partial charge in [0.05, 0.1) is 23.2 Å². The van der Waals surface area contributed by atoms with Gasteiger partial charge in [0, 0.05) is 18.3 Å². The molecule has 1 aliphatic rings. The molecule has 3 heterocycles. The number of aryl methyl sites for hydroxylation is 1. The standard InChI is InChI=1S/C20H18FN3O3S/c1-12-23-16(11-28-12)18-7-6-14(27-18)9-22-20(26)13-8-19(25)24(10-13)17-5-3-2-4-15(17)21/h2-7,11,13H,8-10H2,1H3,(H,22,26). The molecule has 1 unspecified atom stereocenters. The van der Waals surface area contributed by atoms with E-state index in [0.717, 1.165) is 10.7 Å². The minimum absolute atomic E-state index is 0.0572. The van der Waals surface area contributed by atoms with Crippen molar-refractivity contribution < 1.29 is 18.4 Å². The molecular weight excluding hydrogens is 381 g/mol. The van der Waals surface area contributed by atoms with Crippen LogP contribution in [0.15, 0.2) is 46.2 Å². The first-order chi connectivity index (χ1) is 13.5. The molecule has 0 spiro atoms. The van der Waals surface area contributed by atoms with Gasteiger partial charge in [-0.1, -0.05) is 12.1 Å². The van der Waals surface area contributed by atoms with Gasteiger partial charge in [-0.2, -0.15) is 0 Å². The van der Waals surface area contributed by atoms with E-state index < -0.39 is 11.7 Å². The van der Waals surface area contributed by atoms with Gasteiger partial charge in [0.1, 0.15) is 17.3 Å². The smallest absolute Gasteiger partial charge is 0.227 e. The summed E-state index contributed by atoms with van der Waals surface area (Å²) in [5.74, 6) is -0.265. The number of para-hydroxylation sites is 1. The first kappa shape index (κ1) is 18.4. The molecule has 4 rings (SSSR count). The van der Waals surface area contributed by atoms with Crippen molar-refractivity contribution in [3.63, 3.8) is 0 Å². The summed E-state index contributed by atoms with van der Waals surface area (Å²) in [5.41, 5.74) is 0.971. The van der Waals surface area contributed by atoms with Crippen molar-refractivity contribution in [1.29, 1.82) is 0 Å². The van der Waals surface area contributed by atoms with Crippen LogP contribution in [0.3, 0.4) is 0 Å². The van der Waals surface area contributed by atoms with Crippen LogP contribution in [0.1, 0.15) is 17.2 Å². The maximum Gasteiger partial charge on any atom is 0.227 e. The second-order valence-corrected chi connectivity index (χ2v) is 7.65. The van der Waals surface area contributed by atoms with E-state index in [-0.39, 0.29) is 37.0 Å². The molecule has 1 fully saturated rings. The van der Waals surface area contributed by atoms with Gasteiger partial charge in [-0.05, 0) is 31.2 Å². The molecule has 2 amide bonds. The number of thiazole rings is 1. The number of nitrogens with one attached hydrogen (secondary N) is 1. The van der Waals surface area contributed by atoms with Gasteiger partial charge in [-0.3, -0.25) is 9.59 Å². The number of benzene rings is 1. The Morgan fingerprint density at radius 1 is 1.36 bits per heavy atom. The molecule has 0 aliphatic carbocycles. The zero-order valence-electron chi connectivity index (χ0n) is 15.1. The van der Waals surface area contributed by atoms with Gasteiger partial charge in [-0.25, -0.2) is 9.37 Å². The number of carbonyl (C=O) groups excluding carboxylic acids is 2. The number of anilines is 1. The molecule has 1 N–H and O–H groups in total. The number of hydrogen-bond acceptors (Lipinski definition) is 5. The predicted molar refractivity (Wildman–Crippen MR) is 103 cm³/mol. The summed E-state index contributed by atoms with van der Waals surface area (Å²) in [6.45, 7) is 2.30. The number of carbonyl (C=O) groups is 2. The Morgan fingerprint density at radius 2 is 2.18 bits per heavy atom. The molecule has 1 aliphatic heterocycles. The highest BCUT2D eigenvalue weighted by molar-refractivity contribution is 7.09. The second-order valence-electron chi connectivity index (χ2n) is 6.59. The van der Waals surface area contributed by atoms with Crippen LogP contribution in [-0.2, 0) is 16.1 Å². The van der Waals surface area contributed by atoms with Crippen molar-refractivity contribution in [2.75, 3.05) is 11.4 Å². The van der Waals surface area contributed by atoms with E-state index in [1.165, 1.54) is 28.4 Å². The second kappa shape index (κ2) is 7.55. The first-order valence-electron chi connectivity index (χ1n) is 8.85. The first-order valence-corrected chi connectivity index (χ1v) is 9.73. The quantitative estimate of drug-likeness (QED) is 0.712. The molecule has 0 radical (unpaired) electrons. The van der Waals surface area contributed by atoms with E-state index in [2.05, 4.69) is 10.3 Å². The Hall–Kier alpha value is -3.00. The molecule has 28 heavy (non-hydrogen) atoms. The number of aromatic nitrogens is 1. The van der Waals surface area contributed by atoms with E-state index in [1.807, 2.05) is 18.4 Å². The lowest BCUT2D eigenvalue weighted by molar-refractivity contribution is -0.126. The van der Waals surface area contributed by atoms with E-state index in [1.54, 1.807) is 18.2 Å². The van der Waals surface area contributed by atoms with Crippen LogP contribution in [0.5, 0.6) is 0 Å². The van der Waals surface area contributed by atoms with Crippen LogP contribution in [0.2, 0.25) is 0 Å². The van der Waals surface area contributed by atoms with Gasteiger partial charge in [0.25, 0.3) is 0 Å². The predicted octanol–water partition coefficient (Wildman–Crippen LogP) is 3.52. The molecule has 6 nitrogen and oxygen atoms in total. The van der Waals surface area contributed by atoms with Crippen LogP contribution < -0.4 is 10.2 Å². The summed E-state index contributed by atoms with van der Waals surface area (Å²) in [6.07, 6.45) is 0.0572. The highest BCUT2D eigenvalue weighted by Crippen LogP contribution is 2.28. The van der Waals surface area contributed by atoms with Crippen molar-refractivity contribution in [3.05, 3.63) is 58.4 Å². The lowest BCUT2D eigenvalue weighted by Gasteiger charge is -2.17. The summed E-state index contributed by atoms with van der Waals surface area (Å²) < 4.78 is 19.7. The highest BCUT2D eigenvalue weighted by Gasteiger charge is 2.36. The zero-order chi connectivity index (χ0) is 19.7. The molecular formula is C20H18FN3O3S. The summed E-state index contributed by atoms with van der Waals surface area (Å²) in [7, 11) is 0. The summed E-state index contributed by atoms with van der Waals surface area (Å²) in [6, 6.07) is 9.67. The Morgan fingerprint density at radius 3 is 2.93 bits per heavy atom. The van der Waals surface area contributed by atoms with Gasteiger partial charge in [-0.15, -0.1) is 11.3 Å². The maximum atomic E-state index is 13.9. The molecule has 8 heteroatoms. The number of amides is 2. The van der Waals surface area contributed by atoms with Crippen molar-refractivity contribution >= 4 is 28.8 Å². The minimum atomic E-state index is -0.525. The number of nitrogens with zero attached hydrogens (tertiary/aromatic N) is 2. The van der Waals surface area contributed by atoms with Crippen molar-refractivity contribution in [3.8, 4) is 11.5 Å². The molecule has 1 aromatic carbocycles. The summed E-state index contributed by atoms with van der Waals surface area (Å²) >= 11 is 1.54. The van der Waals surface area contributed by atoms with Crippen LogP contribution >= 0.6 is 11.3 Å². The number of rotatable bonds is 5. The third kappa shape index (κ3) is 3.68. The van der Waals surface area contributed by atoms with Crippen molar-refractivity contribution in [2.45, 2.75) is 19.9 Å². The van der Waals surface area contributed by atoms with Gasteiger partial charge in [0.15, 0.2) is 5.76 Å². The van der Waals surface area contributed by atoms with Crippen LogP contribution in [0, 0.1) is 18.7 Å². The van der Waals surface area contributed by atoms with Gasteiger partial charge in [0.2, 0.25) is 11.8 Å². The van der Waals surface area contributed by atoms with E-state index in [9.17, 15) is 14.0 Å². The molecule has 1 atom stereocenters. The van der Waals surface area contributed by atoms with Gasteiger partial charge < -0.3 is 14.6 Å². The Balaban J connectivity index is 1.36. The largest absolute Gasteiger partial charge is 0.458 e. The molecule has 0 bridgehead atoms. The normalized spacial score (nSPS) is 16.6. The van der Waals surface area contributed by atoms with E-state index >= 15 is 0 Å². The third-order valence-electron chi connectivity index (χ3n) is 4.61. The average molecular weight is 399 g/mol. The lowest BCUT2D eigenvalue weighted by Crippen LogP contribution is -2.32. The molecule has 144 valence electrons. The van der Waals surface area contributed by atoms with Crippen molar-refractivity contribution in [2.24, 2.45) is 5.92 Å². The van der Waals surface area contributed by atoms with E-state index in [0.29, 0.717) is 11.5 Å². The zero-order valence-corrected chi connectivity index (χ0v) is 16.0. The number of hydrogen-bond donors (Lipinski definition) is 1. The van der Waals surface area contributed by atoms with Crippen LogP contribution in [-0.4, -0.2) is 23.3 Å². The van der Waals surface area contributed by atoms with E-state index in [4.69, 9.17) is 4.42 Å². The van der Waals surface area contributed by atoms with Crippen LogP contribution in [0.25, 0.3) is 11.5 Å². The average Bonchev–Trinajstić information content (AvgIpc) is 3.40. The molecule has 1 saturated heterocycles. The monoisotopic (exact) mass is 399 g/mol. The Bertz CT molecular complexity index is 1030. The SMILES string of the molecule is Cc1nc(-c2ccc(CNC(=O)C3CC(=O)N(c4ccccc4F)C3)o2)cs1. The van der Waals surface area contributed by atoms with Crippen LogP contribution in [0.4, 0.5) is 10.1 Å². The minimum Gasteiger partial charge on any atom is -0.458 e. The Kier molecular flexibility index (Phi) is 4.95. The lowest BCUT2D eigenvalue weighted by atomic mass is 10.1. The number of furan rings is 1. The van der Waals surface area contributed by atoms with Crippen molar-refractivity contribution in [1.82, 2.24) is 10.3 Å². The summed E-state index contributed by atoms with van der Waals surface area (Å²) in [5, 5.41) is 5.66. The number of halogens is 1. The molecule has 3 aromatic rings. The Labute approximate surface area is 165 Å². The molecule has 0 saturated carbocycles. The fourth-order valence-electron chi connectivity index (χ4n) is 3.19. The highest BCUT2D eigenvalue weighted by atomic mass is 32.1. The van der Waals surface area contributed by atoms with Gasteiger partial charge >= 0.3 is 0 Å². The maximum absolute atomic E-state index is 13.9. The molecule has 2 aromatic heterocycles.